The van der Waals surface area contributed by atoms with Crippen LogP contribution in [0.4, 0.5) is 17.2 Å². The molecule has 0 aliphatic heterocycles. The number of pyridine rings is 2. The number of hydrogen-bond acceptors (Lipinski definition) is 5. The number of aromatic nitrogens is 2. The molecule has 4 rings (SSSR count). The van der Waals surface area contributed by atoms with Crippen molar-refractivity contribution in [1.29, 1.82) is 0 Å². The standard InChI is InChI=1S/C24H21N5O2/c1-15-8-9-26-13-19(15)16-10-17-12-22(27-14-20(17)21(25)11-16)28-23(30)24(31)29(2)18-6-4-3-5-7-18/h3-14H,25H2,1-2H3,(H,27,28,30). The lowest BCUT2D eigenvalue weighted by atomic mass is 9.99. The topological polar surface area (TPSA) is 101 Å². The quantitative estimate of drug-likeness (QED) is 0.395. The zero-order valence-electron chi connectivity index (χ0n) is 17.2. The highest BCUT2D eigenvalue weighted by Gasteiger charge is 2.20. The molecule has 7 nitrogen and oxygen atoms in total. The minimum Gasteiger partial charge on any atom is -0.398 e. The molecule has 0 unspecified atom stereocenters. The van der Waals surface area contributed by atoms with Gasteiger partial charge in [0, 0.05) is 48.0 Å². The first-order valence-corrected chi connectivity index (χ1v) is 9.68. The first kappa shape index (κ1) is 20.0. The summed E-state index contributed by atoms with van der Waals surface area (Å²) < 4.78 is 0. The number of carbonyl (C=O) groups is 2. The predicted octanol–water partition coefficient (Wildman–Crippen LogP) is 3.79. The molecule has 2 amide bonds. The molecule has 31 heavy (non-hydrogen) atoms. The minimum atomic E-state index is -0.773. The Kier molecular flexibility index (Phi) is 5.32. The van der Waals surface area contributed by atoms with Crippen molar-refractivity contribution in [1.82, 2.24) is 9.97 Å². The number of likely N-dealkylation sites (N-methyl/N-ethyl adjacent to an activating group) is 1. The Morgan fingerprint density at radius 2 is 1.81 bits per heavy atom. The largest absolute Gasteiger partial charge is 0.398 e. The molecule has 0 atom stereocenters. The van der Waals surface area contributed by atoms with Gasteiger partial charge in [0.25, 0.3) is 0 Å². The number of nitrogen functional groups attached to an aromatic ring is 1. The van der Waals surface area contributed by atoms with E-state index in [0.29, 0.717) is 11.4 Å². The van der Waals surface area contributed by atoms with E-state index < -0.39 is 11.8 Å². The third-order valence-corrected chi connectivity index (χ3v) is 5.10. The van der Waals surface area contributed by atoms with E-state index in [-0.39, 0.29) is 5.82 Å². The van der Waals surface area contributed by atoms with E-state index in [1.807, 2.05) is 31.2 Å². The van der Waals surface area contributed by atoms with Gasteiger partial charge in [0.15, 0.2) is 0 Å². The van der Waals surface area contributed by atoms with Crippen LogP contribution in [0.1, 0.15) is 5.56 Å². The number of benzene rings is 2. The SMILES string of the molecule is Cc1ccncc1-c1cc(N)c2cnc(NC(=O)C(=O)N(C)c3ccccc3)cc2c1. The van der Waals surface area contributed by atoms with Gasteiger partial charge in [-0.1, -0.05) is 18.2 Å². The van der Waals surface area contributed by atoms with Crippen molar-refractivity contribution in [2.24, 2.45) is 0 Å². The monoisotopic (exact) mass is 411 g/mol. The molecule has 0 bridgehead atoms. The van der Waals surface area contributed by atoms with Gasteiger partial charge < -0.3 is 16.0 Å². The van der Waals surface area contributed by atoms with Gasteiger partial charge in [-0.2, -0.15) is 0 Å². The summed E-state index contributed by atoms with van der Waals surface area (Å²) in [5.74, 6) is -1.19. The van der Waals surface area contributed by atoms with Crippen molar-refractivity contribution in [2.75, 3.05) is 23.0 Å². The Hall–Kier alpha value is -4.26. The average molecular weight is 411 g/mol. The smallest absolute Gasteiger partial charge is 0.316 e. The van der Waals surface area contributed by atoms with E-state index in [1.165, 1.54) is 4.90 Å². The van der Waals surface area contributed by atoms with Crippen LogP contribution < -0.4 is 16.0 Å². The van der Waals surface area contributed by atoms with Gasteiger partial charge in [0.2, 0.25) is 0 Å². The van der Waals surface area contributed by atoms with E-state index in [2.05, 4.69) is 15.3 Å². The molecular formula is C24H21N5O2. The Labute approximate surface area is 179 Å². The average Bonchev–Trinajstić information content (AvgIpc) is 2.78. The molecule has 2 aromatic heterocycles. The van der Waals surface area contributed by atoms with Gasteiger partial charge in [-0.3, -0.25) is 14.6 Å². The van der Waals surface area contributed by atoms with Crippen LogP contribution in [0.15, 0.2) is 73.2 Å². The number of anilines is 3. The van der Waals surface area contributed by atoms with Crippen LogP contribution in [0.3, 0.4) is 0 Å². The molecule has 4 aromatic rings. The van der Waals surface area contributed by atoms with Crippen LogP contribution in [-0.2, 0) is 9.59 Å². The van der Waals surface area contributed by atoms with Gasteiger partial charge >= 0.3 is 11.8 Å². The van der Waals surface area contributed by atoms with E-state index in [9.17, 15) is 9.59 Å². The van der Waals surface area contributed by atoms with Crippen LogP contribution in [0.25, 0.3) is 21.9 Å². The van der Waals surface area contributed by atoms with E-state index in [4.69, 9.17) is 5.73 Å². The van der Waals surface area contributed by atoms with Crippen molar-refractivity contribution < 1.29 is 9.59 Å². The number of hydrogen-bond donors (Lipinski definition) is 2. The van der Waals surface area contributed by atoms with Gasteiger partial charge in [-0.15, -0.1) is 0 Å². The van der Waals surface area contributed by atoms with Gasteiger partial charge in [-0.05, 0) is 59.8 Å². The van der Waals surface area contributed by atoms with Crippen molar-refractivity contribution >= 4 is 39.8 Å². The molecule has 0 aliphatic carbocycles. The second kappa shape index (κ2) is 8.23. The van der Waals surface area contributed by atoms with Crippen molar-refractivity contribution in [3.05, 3.63) is 78.8 Å². The molecule has 2 heterocycles. The number of para-hydroxylation sites is 1. The maximum absolute atomic E-state index is 12.5. The summed E-state index contributed by atoms with van der Waals surface area (Å²) in [7, 11) is 1.55. The van der Waals surface area contributed by atoms with Crippen LogP contribution in [-0.4, -0.2) is 28.8 Å². The minimum absolute atomic E-state index is 0.270. The first-order valence-electron chi connectivity index (χ1n) is 9.68. The number of fused-ring (bicyclic) bond motifs is 1. The fraction of sp³-hybridized carbons (Fsp3) is 0.0833. The molecule has 2 aromatic carbocycles. The number of carbonyl (C=O) groups excluding carboxylic acids is 2. The molecule has 0 radical (unpaired) electrons. The fourth-order valence-electron chi connectivity index (χ4n) is 3.37. The lowest BCUT2D eigenvalue weighted by molar-refractivity contribution is -0.134. The van der Waals surface area contributed by atoms with E-state index >= 15 is 0 Å². The summed E-state index contributed by atoms with van der Waals surface area (Å²) in [4.78, 5) is 34.7. The summed E-state index contributed by atoms with van der Waals surface area (Å²) in [6, 6.07) is 16.4. The Morgan fingerprint density at radius 1 is 1.03 bits per heavy atom. The van der Waals surface area contributed by atoms with Crippen LogP contribution in [0.2, 0.25) is 0 Å². The summed E-state index contributed by atoms with van der Waals surface area (Å²) in [5.41, 5.74) is 10.4. The van der Waals surface area contributed by atoms with Crippen molar-refractivity contribution in [3.63, 3.8) is 0 Å². The highest BCUT2D eigenvalue weighted by Crippen LogP contribution is 2.31. The first-order chi connectivity index (χ1) is 14.9. The molecule has 154 valence electrons. The van der Waals surface area contributed by atoms with Gasteiger partial charge in [0.1, 0.15) is 5.82 Å². The number of nitrogens with one attached hydrogen (secondary N) is 1. The number of rotatable bonds is 3. The van der Waals surface area contributed by atoms with Crippen LogP contribution in [0, 0.1) is 6.92 Å². The summed E-state index contributed by atoms with van der Waals surface area (Å²) in [6.45, 7) is 2.00. The summed E-state index contributed by atoms with van der Waals surface area (Å²) in [5, 5.41) is 4.14. The summed E-state index contributed by atoms with van der Waals surface area (Å²) in [6.07, 6.45) is 5.12. The molecule has 0 spiro atoms. The molecule has 0 saturated heterocycles. The van der Waals surface area contributed by atoms with Crippen LogP contribution in [0.5, 0.6) is 0 Å². The van der Waals surface area contributed by atoms with Crippen molar-refractivity contribution in [2.45, 2.75) is 6.92 Å². The molecule has 3 N–H and O–H groups in total. The predicted molar refractivity (Wildman–Crippen MR) is 123 cm³/mol. The highest BCUT2D eigenvalue weighted by molar-refractivity contribution is 6.44. The number of nitrogens with zero attached hydrogens (tertiary/aromatic N) is 3. The number of aryl methyl sites for hydroxylation is 1. The van der Waals surface area contributed by atoms with E-state index in [1.54, 1.807) is 56.0 Å². The molecule has 7 heteroatoms. The van der Waals surface area contributed by atoms with Gasteiger partial charge in [-0.25, -0.2) is 4.98 Å². The van der Waals surface area contributed by atoms with Crippen LogP contribution >= 0.6 is 0 Å². The summed E-state index contributed by atoms with van der Waals surface area (Å²) >= 11 is 0. The third-order valence-electron chi connectivity index (χ3n) is 5.10. The lowest BCUT2D eigenvalue weighted by Gasteiger charge is -2.16. The Balaban J connectivity index is 1.62. The Bertz CT molecular complexity index is 1290. The third kappa shape index (κ3) is 4.06. The number of amides is 2. The number of nitrogens with two attached hydrogens (primary N) is 1. The zero-order chi connectivity index (χ0) is 22.0. The van der Waals surface area contributed by atoms with Crippen molar-refractivity contribution in [3.8, 4) is 11.1 Å². The highest BCUT2D eigenvalue weighted by atomic mass is 16.2. The fourth-order valence-corrected chi connectivity index (χ4v) is 3.37. The molecule has 0 aliphatic rings. The maximum atomic E-state index is 12.5. The van der Waals surface area contributed by atoms with Gasteiger partial charge in [0.05, 0.1) is 0 Å². The second-order valence-electron chi connectivity index (χ2n) is 7.20. The molecule has 0 fully saturated rings. The second-order valence-corrected chi connectivity index (χ2v) is 7.20. The Morgan fingerprint density at radius 3 is 2.55 bits per heavy atom. The normalized spacial score (nSPS) is 10.6. The molecule has 0 saturated carbocycles. The maximum Gasteiger partial charge on any atom is 0.316 e. The molecular weight excluding hydrogens is 390 g/mol. The zero-order valence-corrected chi connectivity index (χ0v) is 17.2. The lowest BCUT2D eigenvalue weighted by Crippen LogP contribution is -2.37. The van der Waals surface area contributed by atoms with E-state index in [0.717, 1.165) is 27.5 Å².